The number of benzene rings is 2. The van der Waals surface area contributed by atoms with Crippen molar-refractivity contribution in [1.29, 1.82) is 0 Å². The fourth-order valence-electron chi connectivity index (χ4n) is 4.76. The smallest absolute Gasteiger partial charge is 0.254 e. The minimum Gasteiger partial charge on any atom is -0.335 e. The molecule has 4 nitrogen and oxygen atoms in total. The average Bonchev–Trinajstić information content (AvgIpc) is 2.72. The van der Waals surface area contributed by atoms with E-state index in [9.17, 15) is 9.59 Å². The van der Waals surface area contributed by atoms with E-state index in [2.05, 4.69) is 59.0 Å². The summed E-state index contributed by atoms with van der Waals surface area (Å²) < 4.78 is 0. The zero-order valence-corrected chi connectivity index (χ0v) is 21.4. The summed E-state index contributed by atoms with van der Waals surface area (Å²) in [5.41, 5.74) is 3.72. The van der Waals surface area contributed by atoms with Gasteiger partial charge in [0.25, 0.3) is 5.91 Å². The van der Waals surface area contributed by atoms with Crippen LogP contribution in [0.25, 0.3) is 0 Å². The second-order valence-electron chi connectivity index (χ2n) is 11.7. The Morgan fingerprint density at radius 3 is 2.33 bits per heavy atom. The maximum Gasteiger partial charge on any atom is 0.254 e. The van der Waals surface area contributed by atoms with Crippen molar-refractivity contribution < 1.29 is 9.59 Å². The van der Waals surface area contributed by atoms with Crippen LogP contribution in [0.2, 0.25) is 0 Å². The van der Waals surface area contributed by atoms with Gasteiger partial charge in [-0.25, -0.2) is 0 Å². The summed E-state index contributed by atoms with van der Waals surface area (Å²) in [6, 6.07) is 15.7. The predicted molar refractivity (Wildman–Crippen MR) is 137 cm³/mol. The molecule has 2 aromatic carbocycles. The maximum atomic E-state index is 13.6. The van der Waals surface area contributed by atoms with E-state index in [4.69, 9.17) is 0 Å². The molecule has 2 aromatic rings. The number of hydrogen-bond acceptors (Lipinski definition) is 2. The number of likely N-dealkylation sites (tertiary alicyclic amines) is 1. The van der Waals surface area contributed by atoms with Gasteiger partial charge in [-0.05, 0) is 66.3 Å². The Bertz CT molecular complexity index is 997. The van der Waals surface area contributed by atoms with Crippen LogP contribution in [0.1, 0.15) is 82.3 Å². The number of aryl methyl sites for hydroxylation is 1. The molecule has 1 heterocycles. The van der Waals surface area contributed by atoms with Crippen molar-refractivity contribution in [3.05, 3.63) is 65.2 Å². The molecule has 2 amide bonds. The lowest BCUT2D eigenvalue weighted by atomic mass is 9.78. The molecular weight excluding hydrogens is 408 g/mol. The Labute approximate surface area is 199 Å². The normalized spacial score (nSPS) is 19.3. The first-order valence-corrected chi connectivity index (χ1v) is 12.1. The van der Waals surface area contributed by atoms with E-state index in [0.717, 1.165) is 36.1 Å². The zero-order chi connectivity index (χ0) is 24.4. The van der Waals surface area contributed by atoms with Crippen molar-refractivity contribution in [3.63, 3.8) is 0 Å². The van der Waals surface area contributed by atoms with E-state index in [-0.39, 0.29) is 34.6 Å². The molecule has 0 aromatic heterocycles. The summed E-state index contributed by atoms with van der Waals surface area (Å²) in [5, 5.41) is 3.17. The highest BCUT2D eigenvalue weighted by molar-refractivity contribution is 5.97. The summed E-state index contributed by atoms with van der Waals surface area (Å²) in [5.74, 6) is -0.184. The van der Waals surface area contributed by atoms with Crippen LogP contribution in [0.5, 0.6) is 0 Å². The van der Waals surface area contributed by atoms with Gasteiger partial charge in [0.2, 0.25) is 5.91 Å². The van der Waals surface area contributed by atoms with Crippen LogP contribution in [-0.2, 0) is 10.2 Å². The van der Waals surface area contributed by atoms with E-state index < -0.39 is 0 Å². The molecule has 0 aliphatic carbocycles. The molecule has 1 N–H and O–H groups in total. The lowest BCUT2D eigenvalue weighted by Crippen LogP contribution is -2.53. The largest absolute Gasteiger partial charge is 0.335 e. The lowest BCUT2D eigenvalue weighted by Gasteiger charge is -2.43. The van der Waals surface area contributed by atoms with Crippen LogP contribution in [0.3, 0.4) is 0 Å². The number of amides is 2. The third-order valence-corrected chi connectivity index (χ3v) is 6.57. The molecule has 3 rings (SSSR count). The molecule has 1 aliphatic heterocycles. The van der Waals surface area contributed by atoms with Gasteiger partial charge < -0.3 is 10.2 Å². The fraction of sp³-hybridized carbons (Fsp3) is 0.517. The van der Waals surface area contributed by atoms with Gasteiger partial charge in [0.05, 0.1) is 5.92 Å². The molecule has 1 unspecified atom stereocenters. The van der Waals surface area contributed by atoms with Crippen molar-refractivity contribution >= 4 is 17.5 Å². The second kappa shape index (κ2) is 9.70. The number of anilines is 1. The molecule has 1 aliphatic rings. The Balaban J connectivity index is 1.88. The number of nitrogens with zero attached hydrogens (tertiary/aromatic N) is 1. The first kappa shape index (κ1) is 25.0. The van der Waals surface area contributed by atoms with Gasteiger partial charge >= 0.3 is 0 Å². The average molecular weight is 449 g/mol. The number of hydrogen-bond donors (Lipinski definition) is 1. The summed E-state index contributed by atoms with van der Waals surface area (Å²) in [7, 11) is 0. The molecule has 178 valence electrons. The lowest BCUT2D eigenvalue weighted by molar-refractivity contribution is -0.123. The summed E-state index contributed by atoms with van der Waals surface area (Å²) in [6.07, 6.45) is 2.41. The van der Waals surface area contributed by atoms with Crippen LogP contribution in [0.4, 0.5) is 5.69 Å². The van der Waals surface area contributed by atoms with E-state index in [1.54, 1.807) is 0 Å². The summed E-state index contributed by atoms with van der Waals surface area (Å²) in [6.45, 7) is 15.7. The first-order valence-electron chi connectivity index (χ1n) is 12.1. The van der Waals surface area contributed by atoms with E-state index >= 15 is 0 Å². The Morgan fingerprint density at radius 1 is 1.00 bits per heavy atom. The number of rotatable bonds is 4. The quantitative estimate of drug-likeness (QED) is 0.574. The van der Waals surface area contributed by atoms with Gasteiger partial charge in [0, 0.05) is 23.8 Å². The summed E-state index contributed by atoms with van der Waals surface area (Å²) >= 11 is 0. The van der Waals surface area contributed by atoms with Crippen LogP contribution in [0.15, 0.2) is 48.5 Å². The molecule has 0 radical (unpaired) electrons. The number of carbonyl (C=O) groups is 2. The third kappa shape index (κ3) is 6.25. The molecule has 4 heteroatoms. The Morgan fingerprint density at radius 2 is 1.70 bits per heavy atom. The first-order chi connectivity index (χ1) is 15.4. The second-order valence-corrected chi connectivity index (χ2v) is 11.7. The highest BCUT2D eigenvalue weighted by Crippen LogP contribution is 2.35. The van der Waals surface area contributed by atoms with Crippen LogP contribution in [0, 0.1) is 18.3 Å². The van der Waals surface area contributed by atoms with E-state index in [1.165, 1.54) is 5.56 Å². The highest BCUT2D eigenvalue weighted by Gasteiger charge is 2.40. The molecule has 0 bridgehead atoms. The maximum absolute atomic E-state index is 13.6. The van der Waals surface area contributed by atoms with Crippen molar-refractivity contribution in [2.45, 2.75) is 79.2 Å². The van der Waals surface area contributed by atoms with Gasteiger partial charge in [0.1, 0.15) is 0 Å². The monoisotopic (exact) mass is 448 g/mol. The molecule has 1 saturated heterocycles. The predicted octanol–water partition coefficient (Wildman–Crippen LogP) is 6.59. The molecule has 2 atom stereocenters. The minimum atomic E-state index is -0.232. The van der Waals surface area contributed by atoms with Crippen molar-refractivity contribution in [1.82, 2.24) is 4.90 Å². The molecule has 33 heavy (non-hydrogen) atoms. The summed E-state index contributed by atoms with van der Waals surface area (Å²) in [4.78, 5) is 29.1. The third-order valence-electron chi connectivity index (χ3n) is 6.57. The number of nitrogens with one attached hydrogen (secondary N) is 1. The van der Waals surface area contributed by atoms with E-state index in [1.807, 2.05) is 48.2 Å². The molecule has 0 spiro atoms. The number of carbonyl (C=O) groups excluding carboxylic acids is 2. The van der Waals surface area contributed by atoms with Gasteiger partial charge in [-0.2, -0.15) is 0 Å². The zero-order valence-electron chi connectivity index (χ0n) is 21.4. The highest BCUT2D eigenvalue weighted by atomic mass is 16.2. The Hall–Kier alpha value is -2.62. The minimum absolute atomic E-state index is 0.00303. The number of piperidine rings is 1. The van der Waals surface area contributed by atoms with Crippen LogP contribution < -0.4 is 5.32 Å². The fourth-order valence-corrected chi connectivity index (χ4v) is 4.76. The van der Waals surface area contributed by atoms with Crippen molar-refractivity contribution in [2.75, 3.05) is 11.9 Å². The Kier molecular flexibility index (Phi) is 7.36. The van der Waals surface area contributed by atoms with Crippen molar-refractivity contribution in [3.8, 4) is 0 Å². The molecular formula is C29H40N2O2. The SMILES string of the molecule is Cc1ccccc1C(=O)N1CCCC(C(=O)Nc2cccc(C(C)(C)C)c2)[C@@H]1CC(C)(C)C. The van der Waals surface area contributed by atoms with Gasteiger partial charge in [-0.1, -0.05) is 71.9 Å². The van der Waals surface area contributed by atoms with Crippen molar-refractivity contribution in [2.24, 2.45) is 11.3 Å². The standard InChI is InChI=1S/C29H40N2O2/c1-20-12-8-9-15-23(20)27(33)31-17-11-16-24(25(31)19-28(2,3)4)26(32)30-22-14-10-13-21(18-22)29(5,6)7/h8-10,12-15,18,24-25H,11,16-17,19H2,1-7H3,(H,30,32)/t24?,25-/m0/s1. The van der Waals surface area contributed by atoms with E-state index in [0.29, 0.717) is 6.54 Å². The van der Waals surface area contributed by atoms with Crippen LogP contribution >= 0.6 is 0 Å². The topological polar surface area (TPSA) is 49.4 Å². The van der Waals surface area contributed by atoms with Gasteiger partial charge in [-0.3, -0.25) is 9.59 Å². The van der Waals surface area contributed by atoms with Crippen LogP contribution in [-0.4, -0.2) is 29.3 Å². The molecule has 1 fully saturated rings. The van der Waals surface area contributed by atoms with Gasteiger partial charge in [0.15, 0.2) is 0 Å². The van der Waals surface area contributed by atoms with Gasteiger partial charge in [-0.15, -0.1) is 0 Å². The molecule has 0 saturated carbocycles.